The van der Waals surface area contributed by atoms with Crippen molar-refractivity contribution in [2.24, 2.45) is 5.84 Å². The molecule has 0 saturated heterocycles. The summed E-state index contributed by atoms with van der Waals surface area (Å²) in [6.07, 6.45) is 1.22. The van der Waals surface area contributed by atoms with Crippen molar-refractivity contribution in [1.82, 2.24) is 9.97 Å². The first-order chi connectivity index (χ1) is 9.04. The second-order valence-corrected chi connectivity index (χ2v) is 3.42. The lowest BCUT2D eigenvalue weighted by molar-refractivity contribution is -0.387. The van der Waals surface area contributed by atoms with Gasteiger partial charge in [-0.2, -0.15) is 4.39 Å². The number of benzene rings is 1. The van der Waals surface area contributed by atoms with Crippen molar-refractivity contribution < 1.29 is 13.7 Å². The lowest BCUT2D eigenvalue weighted by Crippen LogP contribution is -2.09. The van der Waals surface area contributed by atoms with Crippen LogP contribution in [0.4, 0.5) is 20.3 Å². The van der Waals surface area contributed by atoms with E-state index >= 15 is 0 Å². The Balaban J connectivity index is 2.66. The van der Waals surface area contributed by atoms with Crippen LogP contribution < -0.4 is 11.3 Å². The van der Waals surface area contributed by atoms with Gasteiger partial charge in [0.05, 0.1) is 10.5 Å². The van der Waals surface area contributed by atoms with Crippen LogP contribution in [0.3, 0.4) is 0 Å². The number of aromatic nitrogens is 2. The van der Waals surface area contributed by atoms with Crippen molar-refractivity contribution in [3.05, 3.63) is 46.1 Å². The van der Waals surface area contributed by atoms with E-state index in [0.717, 1.165) is 12.1 Å². The van der Waals surface area contributed by atoms with Gasteiger partial charge >= 0.3 is 5.69 Å². The van der Waals surface area contributed by atoms with Crippen molar-refractivity contribution in [3.8, 4) is 11.4 Å². The number of hydrogen-bond donors (Lipinski definition) is 2. The lowest BCUT2D eigenvalue weighted by atomic mass is 10.1. The summed E-state index contributed by atoms with van der Waals surface area (Å²) in [5.74, 6) is 2.56. The molecule has 0 aliphatic carbocycles. The standard InChI is InChI=1S/C10H7F2N5O2/c11-5-1-2-6(17(18)19)9(12)8(5)10-14-4-3-7(15-10)16-13/h1-4H,13H2,(H,14,15,16). The molecule has 0 saturated carbocycles. The van der Waals surface area contributed by atoms with Crippen LogP contribution in [0, 0.1) is 21.7 Å². The molecule has 2 aromatic rings. The average Bonchev–Trinajstić information content (AvgIpc) is 2.38. The van der Waals surface area contributed by atoms with Crippen LogP contribution in [0.1, 0.15) is 0 Å². The highest BCUT2D eigenvalue weighted by molar-refractivity contribution is 5.62. The summed E-state index contributed by atoms with van der Waals surface area (Å²) in [5.41, 5.74) is 0.653. The Morgan fingerprint density at radius 2 is 2.05 bits per heavy atom. The first-order valence-corrected chi connectivity index (χ1v) is 4.97. The van der Waals surface area contributed by atoms with Gasteiger partial charge in [-0.05, 0) is 6.07 Å². The van der Waals surface area contributed by atoms with Gasteiger partial charge in [0.25, 0.3) is 0 Å². The number of nitrogens with zero attached hydrogens (tertiary/aromatic N) is 3. The van der Waals surface area contributed by atoms with Gasteiger partial charge in [0, 0.05) is 18.3 Å². The van der Waals surface area contributed by atoms with E-state index < -0.39 is 27.8 Å². The molecule has 0 bridgehead atoms. The summed E-state index contributed by atoms with van der Waals surface area (Å²) in [7, 11) is 0. The number of nitrogens with one attached hydrogen (secondary N) is 1. The Morgan fingerprint density at radius 3 is 2.68 bits per heavy atom. The number of hydrogen-bond acceptors (Lipinski definition) is 6. The van der Waals surface area contributed by atoms with E-state index in [1.165, 1.54) is 12.3 Å². The molecular weight excluding hydrogens is 260 g/mol. The minimum atomic E-state index is -1.33. The average molecular weight is 267 g/mol. The molecule has 0 atom stereocenters. The molecular formula is C10H7F2N5O2. The summed E-state index contributed by atoms with van der Waals surface area (Å²) < 4.78 is 27.5. The maximum absolute atomic E-state index is 13.9. The zero-order valence-corrected chi connectivity index (χ0v) is 9.30. The first kappa shape index (κ1) is 12.8. The minimum Gasteiger partial charge on any atom is -0.308 e. The van der Waals surface area contributed by atoms with Gasteiger partial charge in [0.1, 0.15) is 11.6 Å². The molecule has 7 nitrogen and oxygen atoms in total. The fraction of sp³-hybridized carbons (Fsp3) is 0. The predicted octanol–water partition coefficient (Wildman–Crippen LogP) is 1.62. The number of halogens is 2. The highest BCUT2D eigenvalue weighted by Crippen LogP contribution is 2.29. The van der Waals surface area contributed by atoms with Gasteiger partial charge in [-0.15, -0.1) is 0 Å². The van der Waals surface area contributed by atoms with E-state index in [4.69, 9.17) is 5.84 Å². The molecule has 0 unspecified atom stereocenters. The Morgan fingerprint density at radius 1 is 1.32 bits per heavy atom. The van der Waals surface area contributed by atoms with Crippen LogP contribution in [0.5, 0.6) is 0 Å². The van der Waals surface area contributed by atoms with Gasteiger partial charge < -0.3 is 5.43 Å². The second kappa shape index (κ2) is 4.90. The predicted molar refractivity (Wildman–Crippen MR) is 61.8 cm³/mol. The SMILES string of the molecule is NNc1ccnc(-c2c(F)ccc([N+](=O)[O-])c2F)n1. The molecule has 0 spiro atoms. The molecule has 9 heteroatoms. The fourth-order valence-corrected chi connectivity index (χ4v) is 1.45. The monoisotopic (exact) mass is 267 g/mol. The van der Waals surface area contributed by atoms with Crippen LogP contribution in [0.15, 0.2) is 24.4 Å². The van der Waals surface area contributed by atoms with Crippen LogP contribution in [0.25, 0.3) is 11.4 Å². The number of nitrogens with two attached hydrogens (primary N) is 1. The zero-order valence-electron chi connectivity index (χ0n) is 9.30. The quantitative estimate of drug-likeness (QED) is 0.497. The zero-order chi connectivity index (χ0) is 14.0. The molecule has 1 aromatic heterocycles. The first-order valence-electron chi connectivity index (χ1n) is 4.97. The van der Waals surface area contributed by atoms with Gasteiger partial charge in [-0.1, -0.05) is 0 Å². The maximum Gasteiger partial charge on any atom is 0.305 e. The third-order valence-corrected chi connectivity index (χ3v) is 2.29. The Kier molecular flexibility index (Phi) is 3.29. The molecule has 0 amide bonds. The van der Waals surface area contributed by atoms with Crippen molar-refractivity contribution in [3.63, 3.8) is 0 Å². The third kappa shape index (κ3) is 2.31. The van der Waals surface area contributed by atoms with Crippen LogP contribution in [-0.2, 0) is 0 Å². The molecule has 19 heavy (non-hydrogen) atoms. The smallest absolute Gasteiger partial charge is 0.305 e. The van der Waals surface area contributed by atoms with E-state index in [1.807, 2.05) is 0 Å². The molecule has 2 rings (SSSR count). The number of nitro groups is 1. The van der Waals surface area contributed by atoms with E-state index in [-0.39, 0.29) is 11.6 Å². The third-order valence-electron chi connectivity index (χ3n) is 2.29. The summed E-state index contributed by atoms with van der Waals surface area (Å²) in [6.45, 7) is 0. The molecule has 0 fully saturated rings. The van der Waals surface area contributed by atoms with E-state index in [2.05, 4.69) is 15.4 Å². The number of nitro benzene ring substituents is 1. The summed E-state index contributed by atoms with van der Waals surface area (Å²) in [4.78, 5) is 17.1. The van der Waals surface area contributed by atoms with Gasteiger partial charge in [-0.25, -0.2) is 20.2 Å². The number of rotatable bonds is 3. The Bertz CT molecular complexity index is 650. The molecule has 3 N–H and O–H groups in total. The Hall–Kier alpha value is -2.68. The highest BCUT2D eigenvalue weighted by Gasteiger charge is 2.24. The molecule has 0 radical (unpaired) electrons. The van der Waals surface area contributed by atoms with Crippen LogP contribution >= 0.6 is 0 Å². The van der Waals surface area contributed by atoms with Crippen LogP contribution in [-0.4, -0.2) is 14.9 Å². The Labute approximate surface area is 105 Å². The van der Waals surface area contributed by atoms with E-state index in [1.54, 1.807) is 0 Å². The van der Waals surface area contributed by atoms with E-state index in [9.17, 15) is 18.9 Å². The largest absolute Gasteiger partial charge is 0.308 e. The van der Waals surface area contributed by atoms with Crippen molar-refractivity contribution in [1.29, 1.82) is 0 Å². The number of anilines is 1. The maximum atomic E-state index is 13.9. The molecule has 0 aliphatic rings. The second-order valence-electron chi connectivity index (χ2n) is 3.42. The molecule has 0 aliphatic heterocycles. The van der Waals surface area contributed by atoms with Crippen molar-refractivity contribution >= 4 is 11.5 Å². The van der Waals surface area contributed by atoms with E-state index in [0.29, 0.717) is 0 Å². The topological polar surface area (TPSA) is 107 Å². The minimum absolute atomic E-state index is 0.121. The summed E-state index contributed by atoms with van der Waals surface area (Å²) >= 11 is 0. The van der Waals surface area contributed by atoms with Crippen molar-refractivity contribution in [2.45, 2.75) is 0 Å². The summed E-state index contributed by atoms with van der Waals surface area (Å²) in [6, 6.07) is 2.89. The normalized spacial score (nSPS) is 10.3. The lowest BCUT2D eigenvalue weighted by Gasteiger charge is -2.05. The van der Waals surface area contributed by atoms with Gasteiger partial charge in [0.2, 0.25) is 5.82 Å². The van der Waals surface area contributed by atoms with Crippen molar-refractivity contribution in [2.75, 3.05) is 5.43 Å². The fourth-order valence-electron chi connectivity index (χ4n) is 1.45. The van der Waals surface area contributed by atoms with Crippen LogP contribution in [0.2, 0.25) is 0 Å². The highest BCUT2D eigenvalue weighted by atomic mass is 19.1. The molecule has 98 valence electrons. The summed E-state index contributed by atoms with van der Waals surface area (Å²) in [5, 5.41) is 10.6. The molecule has 1 heterocycles. The number of nitrogen functional groups attached to an aromatic ring is 1. The van der Waals surface area contributed by atoms with Gasteiger partial charge in [-0.3, -0.25) is 10.1 Å². The van der Waals surface area contributed by atoms with Gasteiger partial charge in [0.15, 0.2) is 5.82 Å². The molecule has 1 aromatic carbocycles. The number of hydrazine groups is 1.